The highest BCUT2D eigenvalue weighted by Gasteiger charge is 2.01. The molecule has 2 rings (SSSR count). The SMILES string of the molecule is CN(CCc1cccs1)c1cccc(N)c1. The van der Waals surface area contributed by atoms with Gasteiger partial charge in [0.1, 0.15) is 0 Å². The summed E-state index contributed by atoms with van der Waals surface area (Å²) in [7, 11) is 2.10. The van der Waals surface area contributed by atoms with E-state index in [0.717, 1.165) is 18.7 Å². The van der Waals surface area contributed by atoms with E-state index in [1.807, 2.05) is 29.5 Å². The van der Waals surface area contributed by atoms with Gasteiger partial charge in [-0.05, 0) is 36.1 Å². The third kappa shape index (κ3) is 2.76. The standard InChI is InChI=1S/C13H16N2S/c1-15(8-7-13-6-3-9-16-13)12-5-2-4-11(14)10-12/h2-6,9-10H,7-8,14H2,1H3. The molecular weight excluding hydrogens is 216 g/mol. The zero-order valence-corrected chi connectivity index (χ0v) is 10.2. The number of thiophene rings is 1. The van der Waals surface area contributed by atoms with E-state index in [9.17, 15) is 0 Å². The maximum Gasteiger partial charge on any atom is 0.0384 e. The number of hydrogen-bond donors (Lipinski definition) is 1. The van der Waals surface area contributed by atoms with Crippen molar-refractivity contribution in [3.63, 3.8) is 0 Å². The summed E-state index contributed by atoms with van der Waals surface area (Å²) in [6.45, 7) is 1.02. The predicted molar refractivity (Wildman–Crippen MR) is 72.1 cm³/mol. The minimum Gasteiger partial charge on any atom is -0.399 e. The van der Waals surface area contributed by atoms with Crippen molar-refractivity contribution in [2.24, 2.45) is 0 Å². The second-order valence-electron chi connectivity index (χ2n) is 3.85. The number of anilines is 2. The fourth-order valence-corrected chi connectivity index (χ4v) is 2.32. The van der Waals surface area contributed by atoms with Crippen LogP contribution in [0.15, 0.2) is 41.8 Å². The lowest BCUT2D eigenvalue weighted by atomic mass is 10.2. The Morgan fingerprint density at radius 2 is 2.12 bits per heavy atom. The van der Waals surface area contributed by atoms with Gasteiger partial charge in [0.2, 0.25) is 0 Å². The van der Waals surface area contributed by atoms with E-state index < -0.39 is 0 Å². The monoisotopic (exact) mass is 232 g/mol. The fourth-order valence-electron chi connectivity index (χ4n) is 1.62. The third-order valence-electron chi connectivity index (χ3n) is 2.58. The molecule has 0 fully saturated rings. The molecule has 1 aromatic carbocycles. The third-order valence-corrected chi connectivity index (χ3v) is 3.52. The molecule has 1 aromatic heterocycles. The molecule has 0 saturated heterocycles. The molecule has 0 aliphatic rings. The summed E-state index contributed by atoms with van der Waals surface area (Å²) in [6.07, 6.45) is 1.09. The Morgan fingerprint density at radius 1 is 1.25 bits per heavy atom. The predicted octanol–water partition coefficient (Wildman–Crippen LogP) is 3.01. The van der Waals surface area contributed by atoms with Gasteiger partial charge in [0.05, 0.1) is 0 Å². The second kappa shape index (κ2) is 5.03. The number of benzene rings is 1. The highest BCUT2D eigenvalue weighted by Crippen LogP contribution is 2.17. The molecule has 3 heteroatoms. The van der Waals surface area contributed by atoms with Crippen LogP contribution < -0.4 is 10.6 Å². The quantitative estimate of drug-likeness (QED) is 0.821. The van der Waals surface area contributed by atoms with Crippen LogP contribution in [0.25, 0.3) is 0 Å². The van der Waals surface area contributed by atoms with Crippen molar-refractivity contribution in [2.45, 2.75) is 6.42 Å². The molecule has 0 amide bonds. The molecule has 2 nitrogen and oxygen atoms in total. The number of likely N-dealkylation sites (N-methyl/N-ethyl adjacent to an activating group) is 1. The van der Waals surface area contributed by atoms with Crippen LogP contribution >= 0.6 is 11.3 Å². The van der Waals surface area contributed by atoms with Crippen LogP contribution in [-0.2, 0) is 6.42 Å². The van der Waals surface area contributed by atoms with Crippen LogP contribution in [0.1, 0.15) is 4.88 Å². The molecule has 0 bridgehead atoms. The van der Waals surface area contributed by atoms with Gasteiger partial charge in [-0.1, -0.05) is 12.1 Å². The molecule has 0 aliphatic heterocycles. The van der Waals surface area contributed by atoms with E-state index in [4.69, 9.17) is 5.73 Å². The van der Waals surface area contributed by atoms with Gasteiger partial charge in [0.15, 0.2) is 0 Å². The summed E-state index contributed by atoms with van der Waals surface area (Å²) in [5, 5.41) is 2.12. The lowest BCUT2D eigenvalue weighted by Crippen LogP contribution is -2.19. The number of rotatable bonds is 4. The zero-order valence-electron chi connectivity index (χ0n) is 9.39. The maximum absolute atomic E-state index is 5.76. The first-order valence-corrected chi connectivity index (χ1v) is 6.23. The van der Waals surface area contributed by atoms with Crippen LogP contribution in [0.3, 0.4) is 0 Å². The topological polar surface area (TPSA) is 29.3 Å². The highest BCUT2D eigenvalue weighted by molar-refractivity contribution is 7.09. The molecule has 1 heterocycles. The Balaban J connectivity index is 1.95. The van der Waals surface area contributed by atoms with Gasteiger partial charge in [0.25, 0.3) is 0 Å². The van der Waals surface area contributed by atoms with Gasteiger partial charge >= 0.3 is 0 Å². The Labute approximate surface area is 100 Å². The van der Waals surface area contributed by atoms with Crippen molar-refractivity contribution in [2.75, 3.05) is 24.2 Å². The summed E-state index contributed by atoms with van der Waals surface area (Å²) in [4.78, 5) is 3.66. The van der Waals surface area contributed by atoms with Crippen LogP contribution in [0, 0.1) is 0 Å². The van der Waals surface area contributed by atoms with Gasteiger partial charge in [-0.2, -0.15) is 0 Å². The second-order valence-corrected chi connectivity index (χ2v) is 4.88. The van der Waals surface area contributed by atoms with E-state index >= 15 is 0 Å². The Bertz CT molecular complexity index is 437. The highest BCUT2D eigenvalue weighted by atomic mass is 32.1. The Morgan fingerprint density at radius 3 is 2.81 bits per heavy atom. The zero-order chi connectivity index (χ0) is 11.4. The summed E-state index contributed by atoms with van der Waals surface area (Å²) in [5.74, 6) is 0. The van der Waals surface area contributed by atoms with Crippen molar-refractivity contribution in [1.29, 1.82) is 0 Å². The molecular formula is C13H16N2S. The first-order valence-electron chi connectivity index (χ1n) is 5.35. The normalized spacial score (nSPS) is 10.3. The van der Waals surface area contributed by atoms with Crippen LogP contribution in [0.5, 0.6) is 0 Å². The van der Waals surface area contributed by atoms with Crippen LogP contribution in [-0.4, -0.2) is 13.6 Å². The van der Waals surface area contributed by atoms with Gasteiger partial charge in [0, 0.05) is 29.8 Å². The number of nitrogen functional groups attached to an aromatic ring is 1. The lowest BCUT2D eigenvalue weighted by molar-refractivity contribution is 0.888. The van der Waals surface area contributed by atoms with E-state index in [0.29, 0.717) is 0 Å². The largest absolute Gasteiger partial charge is 0.399 e. The molecule has 0 spiro atoms. The summed E-state index contributed by atoms with van der Waals surface area (Å²) < 4.78 is 0. The summed E-state index contributed by atoms with van der Waals surface area (Å²) in [6, 6.07) is 12.3. The average molecular weight is 232 g/mol. The Hall–Kier alpha value is -1.48. The fraction of sp³-hybridized carbons (Fsp3) is 0.231. The van der Waals surface area contributed by atoms with Gasteiger partial charge < -0.3 is 10.6 Å². The van der Waals surface area contributed by atoms with Crippen molar-refractivity contribution in [1.82, 2.24) is 0 Å². The van der Waals surface area contributed by atoms with Gasteiger partial charge in [-0.25, -0.2) is 0 Å². The van der Waals surface area contributed by atoms with Crippen molar-refractivity contribution in [3.05, 3.63) is 46.7 Å². The van der Waals surface area contributed by atoms with E-state index in [2.05, 4.69) is 35.5 Å². The van der Waals surface area contributed by atoms with Crippen LogP contribution in [0.4, 0.5) is 11.4 Å². The minimum atomic E-state index is 0.820. The van der Waals surface area contributed by atoms with Crippen molar-refractivity contribution >= 4 is 22.7 Å². The average Bonchev–Trinajstić information content (AvgIpc) is 2.78. The molecule has 0 atom stereocenters. The van der Waals surface area contributed by atoms with E-state index in [1.54, 1.807) is 0 Å². The molecule has 2 N–H and O–H groups in total. The minimum absolute atomic E-state index is 0.820. The summed E-state index contributed by atoms with van der Waals surface area (Å²) >= 11 is 1.81. The van der Waals surface area contributed by atoms with E-state index in [-0.39, 0.29) is 0 Å². The molecule has 2 aromatic rings. The molecule has 0 aliphatic carbocycles. The molecule has 16 heavy (non-hydrogen) atoms. The molecule has 0 radical (unpaired) electrons. The first kappa shape index (κ1) is 11.0. The number of nitrogens with zero attached hydrogens (tertiary/aromatic N) is 1. The lowest BCUT2D eigenvalue weighted by Gasteiger charge is -2.19. The smallest absolute Gasteiger partial charge is 0.0384 e. The van der Waals surface area contributed by atoms with E-state index in [1.165, 1.54) is 10.6 Å². The summed E-state index contributed by atoms with van der Waals surface area (Å²) in [5.41, 5.74) is 7.76. The molecule has 0 saturated carbocycles. The number of nitrogens with two attached hydrogens (primary N) is 1. The maximum atomic E-state index is 5.76. The first-order chi connectivity index (χ1) is 7.75. The number of hydrogen-bond acceptors (Lipinski definition) is 3. The molecule has 84 valence electrons. The van der Waals surface area contributed by atoms with Crippen molar-refractivity contribution in [3.8, 4) is 0 Å². The molecule has 0 unspecified atom stereocenters. The van der Waals surface area contributed by atoms with Gasteiger partial charge in [-0.15, -0.1) is 11.3 Å². The van der Waals surface area contributed by atoms with Crippen LogP contribution in [0.2, 0.25) is 0 Å². The van der Waals surface area contributed by atoms with Gasteiger partial charge in [-0.3, -0.25) is 0 Å². The Kier molecular flexibility index (Phi) is 3.47. The van der Waals surface area contributed by atoms with Crippen molar-refractivity contribution < 1.29 is 0 Å².